The lowest BCUT2D eigenvalue weighted by Gasteiger charge is -2.31. The summed E-state index contributed by atoms with van der Waals surface area (Å²) in [5.41, 5.74) is 3.22. The molecule has 0 fully saturated rings. The summed E-state index contributed by atoms with van der Waals surface area (Å²) in [6, 6.07) is 11.1. The largest absolute Gasteiger partial charge is 0.482 e. The van der Waals surface area contributed by atoms with E-state index in [1.54, 1.807) is 19.9 Å². The lowest BCUT2D eigenvalue weighted by Crippen LogP contribution is -2.39. The zero-order valence-electron chi connectivity index (χ0n) is 17.7. The summed E-state index contributed by atoms with van der Waals surface area (Å²) in [4.78, 5) is 18.3. The first-order valence-corrected chi connectivity index (χ1v) is 11.7. The normalized spacial score (nSPS) is 16.4. The van der Waals surface area contributed by atoms with E-state index in [1.807, 2.05) is 24.3 Å². The van der Waals surface area contributed by atoms with E-state index in [2.05, 4.69) is 10.1 Å². The summed E-state index contributed by atoms with van der Waals surface area (Å²) < 4.78 is 39.1. The van der Waals surface area contributed by atoms with Gasteiger partial charge in [0.2, 0.25) is 15.9 Å². The van der Waals surface area contributed by atoms with Gasteiger partial charge in [-0.2, -0.15) is 9.29 Å². The van der Waals surface area contributed by atoms with Crippen LogP contribution in [0, 0.1) is 13.8 Å². The van der Waals surface area contributed by atoms with Crippen molar-refractivity contribution in [2.75, 3.05) is 18.1 Å². The van der Waals surface area contributed by atoms with Gasteiger partial charge >= 0.3 is 0 Å². The van der Waals surface area contributed by atoms with Crippen molar-refractivity contribution in [1.29, 1.82) is 0 Å². The number of benzene rings is 2. The van der Waals surface area contributed by atoms with Crippen LogP contribution in [0.5, 0.6) is 5.75 Å². The fraction of sp³-hybridized carbons (Fsp3) is 0.318. The van der Waals surface area contributed by atoms with E-state index in [-0.39, 0.29) is 24.0 Å². The standard InChI is InChI=1S/C22H22N4O5S/c1-14-9-18-19(30-13-22(27)26(18)12-21-23-15(2)31-24-21)10-20(14)32(28,29)25-8-7-16-5-3-4-6-17(16)11-25/h3-6,9-10H,7-8,11-13H2,1-2H3. The van der Waals surface area contributed by atoms with Gasteiger partial charge in [0.25, 0.3) is 5.91 Å². The van der Waals surface area contributed by atoms with Gasteiger partial charge in [-0.3, -0.25) is 9.69 Å². The molecule has 10 heteroatoms. The topological polar surface area (TPSA) is 106 Å². The van der Waals surface area contributed by atoms with Crippen molar-refractivity contribution in [1.82, 2.24) is 14.4 Å². The summed E-state index contributed by atoms with van der Waals surface area (Å²) in [7, 11) is -3.75. The zero-order chi connectivity index (χ0) is 22.5. The fourth-order valence-corrected chi connectivity index (χ4v) is 5.79. The second kappa shape index (κ2) is 7.72. The van der Waals surface area contributed by atoms with Crippen LogP contribution in [0.25, 0.3) is 0 Å². The van der Waals surface area contributed by atoms with E-state index in [0.717, 1.165) is 5.56 Å². The summed E-state index contributed by atoms with van der Waals surface area (Å²) in [5, 5.41) is 3.85. The van der Waals surface area contributed by atoms with Crippen molar-refractivity contribution >= 4 is 21.6 Å². The third-order valence-corrected chi connectivity index (χ3v) is 7.77. The van der Waals surface area contributed by atoms with Gasteiger partial charge in [0.15, 0.2) is 12.4 Å². The SMILES string of the molecule is Cc1nc(CN2C(=O)COc3cc(S(=O)(=O)N4CCc5ccccc5C4)c(C)cc32)no1. The van der Waals surface area contributed by atoms with Crippen LogP contribution in [0.3, 0.4) is 0 Å². The first-order valence-electron chi connectivity index (χ1n) is 10.3. The number of rotatable bonds is 4. The van der Waals surface area contributed by atoms with Gasteiger partial charge < -0.3 is 9.26 Å². The van der Waals surface area contributed by atoms with Gasteiger partial charge in [0.1, 0.15) is 5.75 Å². The van der Waals surface area contributed by atoms with Crippen LogP contribution in [0.15, 0.2) is 45.8 Å². The zero-order valence-corrected chi connectivity index (χ0v) is 18.6. The Balaban J connectivity index is 1.48. The Morgan fingerprint density at radius 2 is 1.91 bits per heavy atom. The molecule has 5 rings (SSSR count). The highest BCUT2D eigenvalue weighted by Crippen LogP contribution is 2.38. The summed E-state index contributed by atoms with van der Waals surface area (Å²) in [6.45, 7) is 4.06. The van der Waals surface area contributed by atoms with Crippen molar-refractivity contribution in [3.05, 3.63) is 64.8 Å². The predicted molar refractivity (Wildman–Crippen MR) is 115 cm³/mol. The highest BCUT2D eigenvalue weighted by atomic mass is 32.2. The molecule has 0 saturated heterocycles. The maximum absolute atomic E-state index is 13.5. The molecule has 9 nitrogen and oxygen atoms in total. The summed E-state index contributed by atoms with van der Waals surface area (Å²) in [5.74, 6) is 0.848. The van der Waals surface area contributed by atoms with Gasteiger partial charge in [-0.05, 0) is 36.1 Å². The molecular formula is C22H22N4O5S. The molecule has 0 unspecified atom stereocenters. The molecule has 0 N–H and O–H groups in total. The number of carbonyl (C=O) groups excluding carboxylic acids is 1. The number of carbonyl (C=O) groups is 1. The number of nitrogens with zero attached hydrogens (tertiary/aromatic N) is 4. The predicted octanol–water partition coefficient (Wildman–Crippen LogP) is 2.36. The van der Waals surface area contributed by atoms with E-state index in [0.29, 0.717) is 48.2 Å². The molecule has 2 aliphatic heterocycles. The lowest BCUT2D eigenvalue weighted by molar-refractivity contribution is -0.121. The van der Waals surface area contributed by atoms with Crippen LogP contribution in [-0.4, -0.2) is 41.9 Å². The first kappa shape index (κ1) is 20.7. The van der Waals surface area contributed by atoms with E-state index < -0.39 is 10.0 Å². The molecule has 0 aliphatic carbocycles. The minimum atomic E-state index is -3.75. The van der Waals surface area contributed by atoms with Crippen molar-refractivity contribution in [2.45, 2.75) is 38.3 Å². The van der Waals surface area contributed by atoms with Gasteiger partial charge in [-0.25, -0.2) is 8.42 Å². The van der Waals surface area contributed by atoms with Crippen LogP contribution in [0.4, 0.5) is 5.69 Å². The molecule has 0 atom stereocenters. The van der Waals surface area contributed by atoms with Gasteiger partial charge in [0.05, 0.1) is 17.1 Å². The quantitative estimate of drug-likeness (QED) is 0.596. The minimum absolute atomic E-state index is 0.112. The van der Waals surface area contributed by atoms with Crippen LogP contribution in [0.2, 0.25) is 0 Å². The Labute approximate surface area is 185 Å². The number of amides is 1. The molecule has 166 valence electrons. The van der Waals surface area contributed by atoms with E-state index in [4.69, 9.17) is 9.26 Å². The van der Waals surface area contributed by atoms with Crippen molar-refractivity contribution in [3.63, 3.8) is 0 Å². The monoisotopic (exact) mass is 454 g/mol. The molecule has 2 aromatic carbocycles. The Kier molecular flexibility index (Phi) is 4.98. The molecule has 1 aromatic heterocycles. The maximum atomic E-state index is 13.5. The number of anilines is 1. The number of ether oxygens (including phenoxy) is 1. The third-order valence-electron chi connectivity index (χ3n) is 5.78. The van der Waals surface area contributed by atoms with Crippen molar-refractivity contribution in [3.8, 4) is 5.75 Å². The van der Waals surface area contributed by atoms with Gasteiger partial charge in [0, 0.05) is 26.1 Å². The lowest BCUT2D eigenvalue weighted by atomic mass is 10.0. The Bertz CT molecular complexity index is 1320. The summed E-state index contributed by atoms with van der Waals surface area (Å²) in [6.07, 6.45) is 0.669. The Hall–Kier alpha value is -3.24. The van der Waals surface area contributed by atoms with Crippen molar-refractivity contribution < 1.29 is 22.5 Å². The summed E-state index contributed by atoms with van der Waals surface area (Å²) >= 11 is 0. The van der Waals surface area contributed by atoms with Crippen LogP contribution in [-0.2, 0) is 34.3 Å². The molecule has 0 bridgehead atoms. The molecule has 32 heavy (non-hydrogen) atoms. The fourth-order valence-electron chi connectivity index (χ4n) is 4.14. The second-order valence-electron chi connectivity index (χ2n) is 7.94. The number of hydrogen-bond acceptors (Lipinski definition) is 7. The number of aromatic nitrogens is 2. The highest BCUT2D eigenvalue weighted by molar-refractivity contribution is 7.89. The minimum Gasteiger partial charge on any atom is -0.482 e. The molecule has 0 radical (unpaired) electrons. The van der Waals surface area contributed by atoms with Crippen LogP contribution >= 0.6 is 0 Å². The second-order valence-corrected chi connectivity index (χ2v) is 9.85. The molecule has 3 heterocycles. The third kappa shape index (κ3) is 3.55. The molecule has 1 amide bonds. The molecule has 0 spiro atoms. The number of hydrogen-bond donors (Lipinski definition) is 0. The average Bonchev–Trinajstić information content (AvgIpc) is 3.19. The Morgan fingerprint density at radius 1 is 1.12 bits per heavy atom. The number of sulfonamides is 1. The molecule has 3 aromatic rings. The van der Waals surface area contributed by atoms with Crippen LogP contribution < -0.4 is 9.64 Å². The van der Waals surface area contributed by atoms with Crippen molar-refractivity contribution in [2.24, 2.45) is 0 Å². The molecule has 2 aliphatic rings. The highest BCUT2D eigenvalue weighted by Gasteiger charge is 2.33. The van der Waals surface area contributed by atoms with Gasteiger partial charge in [-0.15, -0.1) is 0 Å². The first-order chi connectivity index (χ1) is 15.3. The van der Waals surface area contributed by atoms with Gasteiger partial charge in [-0.1, -0.05) is 29.4 Å². The number of aryl methyl sites for hydroxylation is 2. The van der Waals surface area contributed by atoms with E-state index >= 15 is 0 Å². The maximum Gasteiger partial charge on any atom is 0.265 e. The van der Waals surface area contributed by atoms with E-state index in [9.17, 15) is 13.2 Å². The van der Waals surface area contributed by atoms with E-state index in [1.165, 1.54) is 20.8 Å². The molecule has 0 saturated carbocycles. The Morgan fingerprint density at radius 3 is 2.66 bits per heavy atom. The smallest absolute Gasteiger partial charge is 0.265 e. The number of fused-ring (bicyclic) bond motifs is 2. The average molecular weight is 455 g/mol. The molecular weight excluding hydrogens is 432 g/mol. The van der Waals surface area contributed by atoms with Crippen LogP contribution in [0.1, 0.15) is 28.4 Å².